The molecule has 9 nitrogen and oxygen atoms in total. The zero-order valence-electron chi connectivity index (χ0n) is 19.3. The van der Waals surface area contributed by atoms with Gasteiger partial charge < -0.3 is 28.8 Å². The molecule has 0 atom stereocenters. The fraction of sp³-hybridized carbons (Fsp3) is 0.320. The number of hydrogen-bond acceptors (Lipinski definition) is 8. The fourth-order valence-corrected chi connectivity index (χ4v) is 3.53. The lowest BCUT2D eigenvalue weighted by Crippen LogP contribution is -2.37. The summed E-state index contributed by atoms with van der Waals surface area (Å²) in [6.45, 7) is 4.65. The molecule has 1 N–H and O–H groups in total. The van der Waals surface area contributed by atoms with Crippen molar-refractivity contribution < 1.29 is 33.1 Å². The SMILES string of the molecule is CCCON=C(COc1ccc(N2CCOCC2)c(C(=O)O)c1)c1cc(-c2ccc(F)cc2)no1. The Bertz CT molecular complexity index is 1170. The van der Waals surface area contributed by atoms with E-state index in [9.17, 15) is 14.3 Å². The number of halogens is 1. The van der Waals surface area contributed by atoms with E-state index in [1.54, 1.807) is 30.3 Å². The smallest absolute Gasteiger partial charge is 0.337 e. The van der Waals surface area contributed by atoms with Crippen LogP contribution in [0.3, 0.4) is 0 Å². The van der Waals surface area contributed by atoms with Crippen molar-refractivity contribution in [3.63, 3.8) is 0 Å². The number of rotatable bonds is 10. The van der Waals surface area contributed by atoms with E-state index in [2.05, 4.69) is 10.3 Å². The number of aromatic carboxylic acids is 1. The third kappa shape index (κ3) is 6.15. The summed E-state index contributed by atoms with van der Waals surface area (Å²) < 4.78 is 29.9. The molecule has 10 heteroatoms. The minimum Gasteiger partial charge on any atom is -0.487 e. The Balaban J connectivity index is 1.52. The summed E-state index contributed by atoms with van der Waals surface area (Å²) in [6.07, 6.45) is 0.764. The van der Waals surface area contributed by atoms with Gasteiger partial charge in [-0.1, -0.05) is 17.2 Å². The van der Waals surface area contributed by atoms with Crippen LogP contribution in [0.2, 0.25) is 0 Å². The Morgan fingerprint density at radius 3 is 2.66 bits per heavy atom. The Hall–Kier alpha value is -3.92. The van der Waals surface area contributed by atoms with Crippen LogP contribution < -0.4 is 9.64 Å². The largest absolute Gasteiger partial charge is 0.487 e. The Morgan fingerprint density at radius 1 is 1.17 bits per heavy atom. The first kappa shape index (κ1) is 24.2. The molecular weight excluding hydrogens is 457 g/mol. The molecule has 4 rings (SSSR count). The summed E-state index contributed by atoms with van der Waals surface area (Å²) >= 11 is 0. The maximum Gasteiger partial charge on any atom is 0.337 e. The minimum atomic E-state index is -1.05. The van der Waals surface area contributed by atoms with Crippen LogP contribution in [0.4, 0.5) is 10.1 Å². The first-order chi connectivity index (χ1) is 17.0. The highest BCUT2D eigenvalue weighted by Gasteiger charge is 2.20. The monoisotopic (exact) mass is 483 g/mol. The van der Waals surface area contributed by atoms with Crippen molar-refractivity contribution in [2.45, 2.75) is 13.3 Å². The quantitative estimate of drug-likeness (QED) is 0.259. The van der Waals surface area contributed by atoms with E-state index >= 15 is 0 Å². The van der Waals surface area contributed by atoms with Crippen molar-refractivity contribution in [2.75, 3.05) is 44.4 Å². The van der Waals surface area contributed by atoms with Crippen molar-refractivity contribution >= 4 is 17.4 Å². The van der Waals surface area contributed by atoms with Gasteiger partial charge in [0.15, 0.2) is 11.5 Å². The number of carbonyl (C=O) groups is 1. The second kappa shape index (κ2) is 11.5. The van der Waals surface area contributed by atoms with Crippen molar-refractivity contribution in [3.8, 4) is 17.0 Å². The molecule has 0 aliphatic carbocycles. The summed E-state index contributed by atoms with van der Waals surface area (Å²) in [4.78, 5) is 19.2. The zero-order chi connectivity index (χ0) is 24.6. The van der Waals surface area contributed by atoms with Gasteiger partial charge in [0.05, 0.1) is 24.5 Å². The van der Waals surface area contributed by atoms with Gasteiger partial charge in [-0.15, -0.1) is 0 Å². The van der Waals surface area contributed by atoms with Crippen molar-refractivity contribution in [2.24, 2.45) is 5.16 Å². The van der Waals surface area contributed by atoms with E-state index in [0.717, 1.165) is 6.42 Å². The number of morpholine rings is 1. The molecule has 2 aromatic carbocycles. The number of oxime groups is 1. The second-order valence-corrected chi connectivity index (χ2v) is 7.83. The van der Waals surface area contributed by atoms with E-state index in [-0.39, 0.29) is 18.0 Å². The lowest BCUT2D eigenvalue weighted by atomic mass is 10.1. The first-order valence-electron chi connectivity index (χ1n) is 11.3. The summed E-state index contributed by atoms with van der Waals surface area (Å²) in [7, 11) is 0. The molecule has 0 bridgehead atoms. The molecule has 35 heavy (non-hydrogen) atoms. The summed E-state index contributed by atoms with van der Waals surface area (Å²) in [5.74, 6) is -0.706. The Kier molecular flexibility index (Phi) is 7.94. The van der Waals surface area contributed by atoms with Gasteiger partial charge in [0.1, 0.15) is 30.5 Å². The molecule has 0 unspecified atom stereocenters. The highest BCUT2D eigenvalue weighted by molar-refractivity contribution is 6.00. The van der Waals surface area contributed by atoms with Crippen molar-refractivity contribution in [3.05, 3.63) is 65.7 Å². The second-order valence-electron chi connectivity index (χ2n) is 7.83. The van der Waals surface area contributed by atoms with Gasteiger partial charge in [-0.3, -0.25) is 0 Å². The van der Waals surface area contributed by atoms with Crippen LogP contribution in [0.25, 0.3) is 11.3 Å². The zero-order valence-corrected chi connectivity index (χ0v) is 19.3. The maximum atomic E-state index is 13.2. The van der Waals surface area contributed by atoms with E-state index in [4.69, 9.17) is 18.8 Å². The number of nitrogens with zero attached hydrogens (tertiary/aromatic N) is 3. The number of carboxylic acid groups (broad SMARTS) is 1. The van der Waals surface area contributed by atoms with Crippen LogP contribution in [0.5, 0.6) is 5.75 Å². The molecular formula is C25H26FN3O6. The van der Waals surface area contributed by atoms with E-state index in [1.165, 1.54) is 18.2 Å². The fourth-order valence-electron chi connectivity index (χ4n) is 3.53. The molecule has 1 aromatic heterocycles. The number of aromatic nitrogens is 1. The summed E-state index contributed by atoms with van der Waals surface area (Å²) in [6, 6.07) is 12.5. The normalized spacial score (nSPS) is 14.1. The van der Waals surface area contributed by atoms with Crippen LogP contribution in [-0.2, 0) is 9.57 Å². The van der Waals surface area contributed by atoms with Crippen molar-refractivity contribution in [1.82, 2.24) is 5.16 Å². The predicted molar refractivity (Wildman–Crippen MR) is 127 cm³/mol. The molecule has 184 valence electrons. The molecule has 0 amide bonds. The van der Waals surface area contributed by atoms with E-state index < -0.39 is 5.97 Å². The van der Waals surface area contributed by atoms with Crippen LogP contribution in [0.15, 0.2) is 58.2 Å². The molecule has 0 radical (unpaired) electrons. The van der Waals surface area contributed by atoms with Crippen LogP contribution >= 0.6 is 0 Å². The molecule has 1 aliphatic rings. The van der Waals surface area contributed by atoms with E-state index in [1.807, 2.05) is 11.8 Å². The highest BCUT2D eigenvalue weighted by Crippen LogP contribution is 2.27. The molecule has 2 heterocycles. The number of benzene rings is 2. The first-order valence-corrected chi connectivity index (χ1v) is 11.3. The number of ether oxygens (including phenoxy) is 2. The average molecular weight is 483 g/mol. The summed E-state index contributed by atoms with van der Waals surface area (Å²) in [5, 5.41) is 17.9. The van der Waals surface area contributed by atoms with Gasteiger partial charge in [0.2, 0.25) is 0 Å². The number of hydrogen-bond donors (Lipinski definition) is 1. The molecule has 1 fully saturated rings. The molecule has 3 aromatic rings. The average Bonchev–Trinajstić information content (AvgIpc) is 3.37. The maximum absolute atomic E-state index is 13.2. The summed E-state index contributed by atoms with van der Waals surface area (Å²) in [5.41, 5.74) is 2.29. The van der Waals surface area contributed by atoms with E-state index in [0.29, 0.717) is 67.1 Å². The Morgan fingerprint density at radius 2 is 1.94 bits per heavy atom. The van der Waals surface area contributed by atoms with Gasteiger partial charge in [0.25, 0.3) is 0 Å². The highest BCUT2D eigenvalue weighted by atomic mass is 19.1. The van der Waals surface area contributed by atoms with Gasteiger partial charge in [-0.25, -0.2) is 9.18 Å². The third-order valence-corrected chi connectivity index (χ3v) is 5.33. The van der Waals surface area contributed by atoms with Gasteiger partial charge in [-0.2, -0.15) is 0 Å². The van der Waals surface area contributed by atoms with Gasteiger partial charge >= 0.3 is 5.97 Å². The Labute approximate surface area is 201 Å². The van der Waals surface area contributed by atoms with Crippen LogP contribution in [0.1, 0.15) is 29.5 Å². The third-order valence-electron chi connectivity index (χ3n) is 5.33. The molecule has 1 aliphatic heterocycles. The topological polar surface area (TPSA) is 107 Å². The predicted octanol–water partition coefficient (Wildman–Crippen LogP) is 4.23. The van der Waals surface area contributed by atoms with Crippen LogP contribution in [-0.4, -0.2) is 61.5 Å². The lowest BCUT2D eigenvalue weighted by Gasteiger charge is -2.30. The minimum absolute atomic E-state index is 0.0439. The number of anilines is 1. The van der Waals surface area contributed by atoms with Crippen molar-refractivity contribution in [1.29, 1.82) is 0 Å². The molecule has 0 saturated carbocycles. The van der Waals surface area contributed by atoms with Gasteiger partial charge in [-0.05, 0) is 48.9 Å². The molecule has 0 spiro atoms. The molecule has 1 saturated heterocycles. The lowest BCUT2D eigenvalue weighted by molar-refractivity contribution is 0.0695. The van der Waals surface area contributed by atoms with Gasteiger partial charge in [0, 0.05) is 24.7 Å². The standard InChI is InChI=1S/C25H26FN3O6/c1-2-11-34-27-22(24-15-21(28-35-24)17-3-5-18(26)6-4-17)16-33-19-7-8-23(20(14-19)25(30)31)29-9-12-32-13-10-29/h3-8,14-15H,2,9-13,16H2,1H3,(H,30,31). The number of carboxylic acids is 1. The van der Waals surface area contributed by atoms with Crippen LogP contribution in [0, 0.1) is 5.82 Å².